The van der Waals surface area contributed by atoms with Crippen LogP contribution in [0.5, 0.6) is 5.75 Å². The molecule has 0 amide bonds. The molecule has 1 N–H and O–H groups in total. The molecule has 0 aliphatic rings. The van der Waals surface area contributed by atoms with Gasteiger partial charge in [-0.25, -0.2) is 0 Å². The molecule has 0 heterocycles. The molecule has 0 bridgehead atoms. The second-order valence-electron chi connectivity index (χ2n) is 4.75. The van der Waals surface area contributed by atoms with Crippen molar-refractivity contribution in [1.29, 1.82) is 0 Å². The first-order chi connectivity index (χ1) is 7.60. The maximum Gasteiger partial charge on any atom is 0.144 e. The van der Waals surface area contributed by atoms with Crippen molar-refractivity contribution in [1.82, 2.24) is 0 Å². The molecule has 2 heteroatoms. The Balaban J connectivity index is 2.92. The summed E-state index contributed by atoms with van der Waals surface area (Å²) in [4.78, 5) is 0. The Labute approximate surface area is 100 Å². The Hall–Kier alpha value is -0.915. The molecule has 1 unspecified atom stereocenters. The number of unbranched alkanes of at least 4 members (excludes halogenated alkanes) is 1. The van der Waals surface area contributed by atoms with Crippen molar-refractivity contribution in [2.75, 3.05) is 0 Å². The average molecular weight is 218 g/mol. The fourth-order valence-corrected chi connectivity index (χ4v) is 2.28. The van der Waals surface area contributed by atoms with Crippen LogP contribution in [0.25, 0.3) is 0 Å². The van der Waals surface area contributed by atoms with E-state index in [0.29, 0.717) is 11.7 Å². The van der Waals surface area contributed by atoms with Gasteiger partial charge in [0.25, 0.3) is 0 Å². The Kier molecular flexibility index (Phi) is 4.91. The maximum atomic E-state index is 9.76. The zero-order chi connectivity index (χ0) is 12.1. The molecule has 0 saturated carbocycles. The SMILES string of the molecule is Bc1cc(C(CC)CCCC)cc(C)c1O. The standard InChI is InChI=1S/C14H23BO/c1-4-6-7-11(5-2)12-8-10(3)14(16)13(15)9-12/h8-9,11,16H,4-7,15H2,1-3H3. The van der Waals surface area contributed by atoms with Gasteiger partial charge in [-0.05, 0) is 42.3 Å². The monoisotopic (exact) mass is 218 g/mol. The molecule has 1 atom stereocenters. The van der Waals surface area contributed by atoms with Gasteiger partial charge >= 0.3 is 0 Å². The smallest absolute Gasteiger partial charge is 0.144 e. The number of benzene rings is 1. The van der Waals surface area contributed by atoms with Crippen molar-refractivity contribution in [2.24, 2.45) is 0 Å². The van der Waals surface area contributed by atoms with Crippen LogP contribution in [0.4, 0.5) is 0 Å². The molecule has 0 aromatic heterocycles. The Morgan fingerprint density at radius 1 is 1.31 bits per heavy atom. The first-order valence-electron chi connectivity index (χ1n) is 6.40. The summed E-state index contributed by atoms with van der Waals surface area (Å²) in [6.45, 7) is 6.47. The number of rotatable bonds is 5. The number of aryl methyl sites for hydroxylation is 1. The van der Waals surface area contributed by atoms with Crippen LogP contribution in [-0.2, 0) is 0 Å². The molecule has 16 heavy (non-hydrogen) atoms. The summed E-state index contributed by atoms with van der Waals surface area (Å²) in [5, 5.41) is 9.76. The van der Waals surface area contributed by atoms with Crippen LogP contribution in [0.2, 0.25) is 0 Å². The first-order valence-corrected chi connectivity index (χ1v) is 6.40. The molecule has 0 spiro atoms. The fourth-order valence-electron chi connectivity index (χ4n) is 2.28. The van der Waals surface area contributed by atoms with E-state index in [-0.39, 0.29) is 0 Å². The van der Waals surface area contributed by atoms with Crippen LogP contribution in [0.3, 0.4) is 0 Å². The summed E-state index contributed by atoms with van der Waals surface area (Å²) in [5.41, 5.74) is 3.40. The van der Waals surface area contributed by atoms with Crippen LogP contribution in [0.15, 0.2) is 12.1 Å². The lowest BCUT2D eigenvalue weighted by molar-refractivity contribution is 0.474. The molecule has 0 aliphatic heterocycles. The van der Waals surface area contributed by atoms with Gasteiger partial charge in [0.05, 0.1) is 0 Å². The Morgan fingerprint density at radius 3 is 2.50 bits per heavy atom. The lowest BCUT2D eigenvalue weighted by Gasteiger charge is -2.17. The summed E-state index contributed by atoms with van der Waals surface area (Å²) >= 11 is 0. The quantitative estimate of drug-likeness (QED) is 0.753. The van der Waals surface area contributed by atoms with E-state index in [1.807, 2.05) is 14.8 Å². The molecule has 88 valence electrons. The summed E-state index contributed by atoms with van der Waals surface area (Å²) in [6, 6.07) is 4.29. The third kappa shape index (κ3) is 3.04. The molecule has 1 nitrogen and oxygen atoms in total. The minimum Gasteiger partial charge on any atom is -0.508 e. The molecule has 0 aliphatic carbocycles. The van der Waals surface area contributed by atoms with E-state index >= 15 is 0 Å². The Bertz CT molecular complexity index is 324. The highest BCUT2D eigenvalue weighted by Gasteiger charge is 2.11. The van der Waals surface area contributed by atoms with Crippen LogP contribution >= 0.6 is 0 Å². The van der Waals surface area contributed by atoms with Crippen LogP contribution in [0.1, 0.15) is 56.6 Å². The van der Waals surface area contributed by atoms with Gasteiger partial charge in [-0.3, -0.25) is 0 Å². The summed E-state index contributed by atoms with van der Waals surface area (Å²) < 4.78 is 0. The number of phenolic OH excluding ortho intramolecular Hbond substituents is 1. The van der Waals surface area contributed by atoms with E-state index in [4.69, 9.17) is 0 Å². The molecular weight excluding hydrogens is 195 g/mol. The van der Waals surface area contributed by atoms with Gasteiger partial charge < -0.3 is 5.11 Å². The average Bonchev–Trinajstić information content (AvgIpc) is 2.26. The van der Waals surface area contributed by atoms with Crippen LogP contribution < -0.4 is 5.46 Å². The van der Waals surface area contributed by atoms with Crippen molar-refractivity contribution in [3.63, 3.8) is 0 Å². The lowest BCUT2D eigenvalue weighted by Crippen LogP contribution is -2.09. The molecule has 1 aromatic rings. The van der Waals surface area contributed by atoms with E-state index < -0.39 is 0 Å². The summed E-state index contributed by atoms with van der Waals surface area (Å²) in [5.74, 6) is 1.10. The molecule has 1 aromatic carbocycles. The van der Waals surface area contributed by atoms with Crippen molar-refractivity contribution in [3.8, 4) is 5.75 Å². The van der Waals surface area contributed by atoms with Crippen LogP contribution in [-0.4, -0.2) is 13.0 Å². The maximum absolute atomic E-state index is 9.76. The van der Waals surface area contributed by atoms with Crippen molar-refractivity contribution >= 4 is 13.3 Å². The predicted octanol–water partition coefficient (Wildman–Crippen LogP) is 2.64. The topological polar surface area (TPSA) is 20.2 Å². The number of hydrogen-bond donors (Lipinski definition) is 1. The highest BCUT2D eigenvalue weighted by atomic mass is 16.3. The molecule has 0 radical (unpaired) electrons. The zero-order valence-electron chi connectivity index (χ0n) is 11.0. The molecule has 1 rings (SSSR count). The first kappa shape index (κ1) is 13.2. The third-order valence-electron chi connectivity index (χ3n) is 3.38. The van der Waals surface area contributed by atoms with E-state index in [1.165, 1.54) is 31.2 Å². The van der Waals surface area contributed by atoms with E-state index in [2.05, 4.69) is 26.0 Å². The second-order valence-corrected chi connectivity index (χ2v) is 4.75. The van der Waals surface area contributed by atoms with Gasteiger partial charge in [-0.2, -0.15) is 0 Å². The lowest BCUT2D eigenvalue weighted by atomic mass is 9.84. The van der Waals surface area contributed by atoms with E-state index in [0.717, 1.165) is 11.0 Å². The number of phenols is 1. The minimum atomic E-state index is 0.453. The van der Waals surface area contributed by atoms with E-state index in [9.17, 15) is 5.11 Å². The molecule has 0 fully saturated rings. The van der Waals surface area contributed by atoms with Gasteiger partial charge in [-0.15, -0.1) is 0 Å². The summed E-state index contributed by atoms with van der Waals surface area (Å²) in [6.07, 6.45) is 4.99. The Morgan fingerprint density at radius 2 is 2.00 bits per heavy atom. The van der Waals surface area contributed by atoms with Gasteiger partial charge in [0, 0.05) is 0 Å². The van der Waals surface area contributed by atoms with Gasteiger partial charge in [0.1, 0.15) is 13.6 Å². The number of hydrogen-bond acceptors (Lipinski definition) is 1. The summed E-state index contributed by atoms with van der Waals surface area (Å²) in [7, 11) is 1.98. The van der Waals surface area contributed by atoms with Gasteiger partial charge in [0.2, 0.25) is 0 Å². The van der Waals surface area contributed by atoms with Crippen molar-refractivity contribution in [3.05, 3.63) is 23.3 Å². The van der Waals surface area contributed by atoms with Crippen molar-refractivity contribution < 1.29 is 5.11 Å². The van der Waals surface area contributed by atoms with Crippen LogP contribution in [0, 0.1) is 6.92 Å². The largest absolute Gasteiger partial charge is 0.508 e. The van der Waals surface area contributed by atoms with Gasteiger partial charge in [-0.1, -0.05) is 38.8 Å². The molecular formula is C14H23BO. The number of aromatic hydroxyl groups is 1. The minimum absolute atomic E-state index is 0.453. The molecule has 0 saturated heterocycles. The van der Waals surface area contributed by atoms with Crippen molar-refractivity contribution in [2.45, 2.75) is 52.4 Å². The van der Waals surface area contributed by atoms with Gasteiger partial charge in [0.15, 0.2) is 0 Å². The third-order valence-corrected chi connectivity index (χ3v) is 3.38. The predicted molar refractivity (Wildman–Crippen MR) is 73.6 cm³/mol. The highest BCUT2D eigenvalue weighted by molar-refractivity contribution is 6.34. The normalized spacial score (nSPS) is 12.7. The van der Waals surface area contributed by atoms with E-state index in [1.54, 1.807) is 0 Å². The highest BCUT2D eigenvalue weighted by Crippen LogP contribution is 2.27. The second kappa shape index (κ2) is 5.98. The zero-order valence-corrected chi connectivity index (χ0v) is 11.0. The fraction of sp³-hybridized carbons (Fsp3) is 0.571.